The van der Waals surface area contributed by atoms with Gasteiger partial charge >= 0.3 is 0 Å². The lowest BCUT2D eigenvalue weighted by atomic mass is 10.2. The Morgan fingerprint density at radius 2 is 1.87 bits per heavy atom. The second-order valence-corrected chi connectivity index (χ2v) is 9.96. The number of anilines is 2. The molecule has 8 nitrogen and oxygen atoms in total. The summed E-state index contributed by atoms with van der Waals surface area (Å²) < 4.78 is 33.1. The first kappa shape index (κ1) is 21.0. The van der Waals surface area contributed by atoms with E-state index >= 15 is 0 Å². The molecule has 1 fully saturated rings. The predicted octanol–water partition coefficient (Wildman–Crippen LogP) is 2.41. The fraction of sp³-hybridized carbons (Fsp3) is 0.263. The third-order valence-corrected chi connectivity index (χ3v) is 7.54. The third-order valence-electron chi connectivity index (χ3n) is 4.65. The molecule has 1 saturated heterocycles. The maximum absolute atomic E-state index is 12.7. The average Bonchev–Trinajstić information content (AvgIpc) is 2.74. The van der Waals surface area contributed by atoms with Crippen molar-refractivity contribution in [2.45, 2.75) is 15.0 Å². The summed E-state index contributed by atoms with van der Waals surface area (Å²) in [6.07, 6.45) is 0. The van der Waals surface area contributed by atoms with Crippen LogP contribution in [0.15, 0.2) is 52.3 Å². The van der Waals surface area contributed by atoms with E-state index in [4.69, 9.17) is 16.3 Å². The zero-order valence-corrected chi connectivity index (χ0v) is 18.0. The number of carbonyl (C=O) groups excluding carboxylic acids is 2. The van der Waals surface area contributed by atoms with Crippen LogP contribution >= 0.6 is 23.4 Å². The highest BCUT2D eigenvalue weighted by atomic mass is 35.5. The van der Waals surface area contributed by atoms with Crippen molar-refractivity contribution in [2.75, 3.05) is 36.3 Å². The Kier molecular flexibility index (Phi) is 5.92. The first-order valence-electron chi connectivity index (χ1n) is 9.10. The minimum absolute atomic E-state index is 0.00458. The fourth-order valence-electron chi connectivity index (χ4n) is 3.10. The smallest absolute Gasteiger partial charge is 0.261 e. The topological polar surface area (TPSA) is 105 Å². The van der Waals surface area contributed by atoms with Crippen LogP contribution < -0.4 is 10.0 Å². The molecule has 1 atom stereocenters. The van der Waals surface area contributed by atoms with Gasteiger partial charge in [-0.2, -0.15) is 0 Å². The molecule has 0 spiro atoms. The van der Waals surface area contributed by atoms with E-state index < -0.39 is 21.2 Å². The van der Waals surface area contributed by atoms with E-state index in [1.807, 2.05) is 0 Å². The van der Waals surface area contributed by atoms with Gasteiger partial charge in [-0.1, -0.05) is 11.6 Å². The molecule has 2 N–H and O–H groups in total. The van der Waals surface area contributed by atoms with Gasteiger partial charge in [-0.05, 0) is 42.5 Å². The highest BCUT2D eigenvalue weighted by Crippen LogP contribution is 2.38. The summed E-state index contributed by atoms with van der Waals surface area (Å²) in [5.74, 6) is -0.739. The van der Waals surface area contributed by atoms with Crippen LogP contribution in [0.5, 0.6) is 0 Å². The van der Waals surface area contributed by atoms with Crippen molar-refractivity contribution < 1.29 is 22.7 Å². The standard InChI is InChI=1S/C19H18ClN3O5S2/c20-12-1-3-13(4-2-12)22-30(26,27)14-5-6-16-15(11-14)21-18(24)17(29-16)19(25)23-7-9-28-10-8-23/h1-6,11,17,22H,7-10H2,(H,21,24)/t17-/m0/s1. The zero-order chi connectivity index (χ0) is 21.3. The lowest BCUT2D eigenvalue weighted by molar-refractivity contribution is -0.137. The van der Waals surface area contributed by atoms with Gasteiger partial charge in [0.1, 0.15) is 0 Å². The van der Waals surface area contributed by atoms with Gasteiger partial charge in [0.15, 0.2) is 5.25 Å². The Balaban J connectivity index is 1.53. The second kappa shape index (κ2) is 8.46. The van der Waals surface area contributed by atoms with E-state index in [-0.39, 0.29) is 10.8 Å². The van der Waals surface area contributed by atoms with Crippen molar-refractivity contribution in [3.8, 4) is 0 Å². The number of fused-ring (bicyclic) bond motifs is 1. The molecule has 2 aromatic rings. The molecule has 4 rings (SSSR count). The van der Waals surface area contributed by atoms with E-state index in [0.717, 1.165) is 11.8 Å². The number of ether oxygens (including phenoxy) is 1. The summed E-state index contributed by atoms with van der Waals surface area (Å²) in [6.45, 7) is 1.79. The van der Waals surface area contributed by atoms with E-state index in [2.05, 4.69) is 10.0 Å². The predicted molar refractivity (Wildman–Crippen MR) is 114 cm³/mol. The number of nitrogens with one attached hydrogen (secondary N) is 2. The van der Waals surface area contributed by atoms with Crippen LogP contribution in [0.1, 0.15) is 0 Å². The molecule has 0 saturated carbocycles. The molecule has 0 bridgehead atoms. The molecule has 0 radical (unpaired) electrons. The number of halogens is 1. The van der Waals surface area contributed by atoms with Crippen LogP contribution in [-0.4, -0.2) is 56.7 Å². The molecule has 2 aliphatic heterocycles. The summed E-state index contributed by atoms with van der Waals surface area (Å²) in [4.78, 5) is 27.5. The summed E-state index contributed by atoms with van der Waals surface area (Å²) in [5.41, 5.74) is 0.724. The molecule has 2 amide bonds. The first-order valence-corrected chi connectivity index (χ1v) is 11.8. The maximum Gasteiger partial charge on any atom is 0.261 e. The van der Waals surface area contributed by atoms with Crippen molar-refractivity contribution in [3.05, 3.63) is 47.5 Å². The summed E-state index contributed by atoms with van der Waals surface area (Å²) in [6, 6.07) is 10.7. The van der Waals surface area contributed by atoms with Gasteiger partial charge < -0.3 is 15.0 Å². The minimum Gasteiger partial charge on any atom is -0.378 e. The average molecular weight is 468 g/mol. The normalized spacial score (nSPS) is 19.0. The molecule has 11 heteroatoms. The SMILES string of the molecule is O=C1Nc2cc(S(=O)(=O)Nc3ccc(Cl)cc3)ccc2S[C@@H]1C(=O)N1CCOCC1. The zero-order valence-electron chi connectivity index (χ0n) is 15.6. The van der Waals surface area contributed by atoms with E-state index in [0.29, 0.717) is 47.6 Å². The van der Waals surface area contributed by atoms with Gasteiger partial charge in [0.25, 0.3) is 10.0 Å². The Bertz CT molecular complexity index is 1090. The summed E-state index contributed by atoms with van der Waals surface area (Å²) in [7, 11) is -3.87. The monoisotopic (exact) mass is 467 g/mol. The van der Waals surface area contributed by atoms with Crippen molar-refractivity contribution >= 4 is 56.6 Å². The highest BCUT2D eigenvalue weighted by molar-refractivity contribution is 8.01. The van der Waals surface area contributed by atoms with Crippen LogP contribution in [0.25, 0.3) is 0 Å². The Labute approximate surface area is 183 Å². The van der Waals surface area contributed by atoms with Crippen LogP contribution in [0.4, 0.5) is 11.4 Å². The van der Waals surface area contributed by atoms with Gasteiger partial charge in [-0.3, -0.25) is 14.3 Å². The van der Waals surface area contributed by atoms with Gasteiger partial charge in [-0.25, -0.2) is 8.42 Å². The molecule has 2 aliphatic rings. The van der Waals surface area contributed by atoms with Crippen LogP contribution in [0, 0.1) is 0 Å². The van der Waals surface area contributed by atoms with Crippen LogP contribution in [0.2, 0.25) is 5.02 Å². The summed E-state index contributed by atoms with van der Waals surface area (Å²) >= 11 is 6.94. The number of carbonyl (C=O) groups is 2. The van der Waals surface area contributed by atoms with Gasteiger partial charge in [-0.15, -0.1) is 11.8 Å². The Hall–Kier alpha value is -2.27. The number of benzene rings is 2. The number of thioether (sulfide) groups is 1. The number of hydrogen-bond acceptors (Lipinski definition) is 6. The van der Waals surface area contributed by atoms with Crippen molar-refractivity contribution in [1.82, 2.24) is 4.90 Å². The third kappa shape index (κ3) is 4.41. The molecule has 0 aromatic heterocycles. The molecule has 30 heavy (non-hydrogen) atoms. The van der Waals surface area contributed by atoms with Crippen molar-refractivity contribution in [1.29, 1.82) is 0 Å². The van der Waals surface area contributed by atoms with Gasteiger partial charge in [0.2, 0.25) is 11.8 Å². The van der Waals surface area contributed by atoms with Crippen molar-refractivity contribution in [2.24, 2.45) is 0 Å². The van der Waals surface area contributed by atoms with Gasteiger partial charge in [0.05, 0.1) is 23.8 Å². The maximum atomic E-state index is 12.7. The van der Waals surface area contributed by atoms with E-state index in [9.17, 15) is 18.0 Å². The molecule has 0 aliphatic carbocycles. The molecule has 2 heterocycles. The summed E-state index contributed by atoms with van der Waals surface area (Å²) in [5, 5.41) is 2.25. The molecular formula is C19H18ClN3O5S2. The van der Waals surface area contributed by atoms with E-state index in [1.165, 1.54) is 12.1 Å². The molecule has 2 aromatic carbocycles. The number of hydrogen-bond donors (Lipinski definition) is 2. The Morgan fingerprint density at radius 1 is 1.17 bits per heavy atom. The number of nitrogens with zero attached hydrogens (tertiary/aromatic N) is 1. The fourth-order valence-corrected chi connectivity index (χ4v) is 5.36. The van der Waals surface area contributed by atoms with Crippen LogP contribution in [-0.2, 0) is 24.3 Å². The number of sulfonamides is 1. The number of morpholine rings is 1. The number of amides is 2. The molecule has 0 unspecified atom stereocenters. The first-order chi connectivity index (χ1) is 14.3. The Morgan fingerprint density at radius 3 is 2.57 bits per heavy atom. The lowest BCUT2D eigenvalue weighted by Gasteiger charge is -2.31. The minimum atomic E-state index is -3.87. The van der Waals surface area contributed by atoms with Gasteiger partial charge in [0, 0.05) is 28.7 Å². The molecule has 158 valence electrons. The lowest BCUT2D eigenvalue weighted by Crippen LogP contribution is -2.49. The van der Waals surface area contributed by atoms with Crippen LogP contribution in [0.3, 0.4) is 0 Å². The van der Waals surface area contributed by atoms with E-state index in [1.54, 1.807) is 35.2 Å². The largest absolute Gasteiger partial charge is 0.378 e. The molecular weight excluding hydrogens is 450 g/mol. The second-order valence-electron chi connectivity index (χ2n) is 6.70. The highest BCUT2D eigenvalue weighted by Gasteiger charge is 2.36. The quantitative estimate of drug-likeness (QED) is 0.669. The number of rotatable bonds is 4. The van der Waals surface area contributed by atoms with Crippen molar-refractivity contribution in [3.63, 3.8) is 0 Å².